The van der Waals surface area contributed by atoms with Crippen LogP contribution in [-0.4, -0.2) is 33.8 Å². The highest BCUT2D eigenvalue weighted by Crippen LogP contribution is 2.25. The van der Waals surface area contributed by atoms with Gasteiger partial charge in [-0.15, -0.1) is 0 Å². The van der Waals surface area contributed by atoms with Gasteiger partial charge in [-0.3, -0.25) is 14.6 Å². The average molecular weight is 252 g/mol. The van der Waals surface area contributed by atoms with E-state index in [0.29, 0.717) is 0 Å². The molecule has 1 amide bonds. The first-order valence-corrected chi connectivity index (χ1v) is 5.95. The molecule has 1 saturated carbocycles. The molecule has 6 nitrogen and oxygen atoms in total. The number of H-pyrrole nitrogens is 1. The average Bonchev–Trinajstić information content (AvgIpc) is 2.75. The Kier molecular flexibility index (Phi) is 3.66. The maximum absolute atomic E-state index is 11.9. The van der Waals surface area contributed by atoms with Gasteiger partial charge in [0.1, 0.15) is 0 Å². The SMILES string of the molecule is O=C(NC1CCCC1CO)c1cc(O)[nH]c(=O)c1. The van der Waals surface area contributed by atoms with E-state index in [1.165, 1.54) is 6.07 Å². The number of aromatic hydroxyl groups is 1. The molecular weight excluding hydrogens is 236 g/mol. The van der Waals surface area contributed by atoms with Crippen LogP contribution in [0, 0.1) is 5.92 Å². The lowest BCUT2D eigenvalue weighted by Crippen LogP contribution is -2.38. The number of amides is 1. The van der Waals surface area contributed by atoms with Crippen LogP contribution in [0.1, 0.15) is 29.6 Å². The third-order valence-electron chi connectivity index (χ3n) is 3.30. The normalized spacial score (nSPS) is 22.9. The highest BCUT2D eigenvalue weighted by Gasteiger charge is 2.28. The fourth-order valence-electron chi connectivity index (χ4n) is 2.36. The summed E-state index contributed by atoms with van der Waals surface area (Å²) in [6, 6.07) is 2.28. The number of pyridine rings is 1. The molecule has 1 aliphatic carbocycles. The number of hydrogen-bond acceptors (Lipinski definition) is 4. The summed E-state index contributed by atoms with van der Waals surface area (Å²) in [6.45, 7) is 0.0472. The molecule has 98 valence electrons. The van der Waals surface area contributed by atoms with Gasteiger partial charge in [-0.2, -0.15) is 0 Å². The van der Waals surface area contributed by atoms with E-state index in [4.69, 9.17) is 5.11 Å². The molecule has 0 aliphatic heterocycles. The van der Waals surface area contributed by atoms with Gasteiger partial charge in [0.25, 0.3) is 11.5 Å². The van der Waals surface area contributed by atoms with Gasteiger partial charge >= 0.3 is 0 Å². The predicted octanol–water partition coefficient (Wildman–Crippen LogP) is -0.0287. The highest BCUT2D eigenvalue weighted by molar-refractivity contribution is 5.94. The first-order valence-electron chi connectivity index (χ1n) is 5.95. The van der Waals surface area contributed by atoms with Crippen molar-refractivity contribution in [1.29, 1.82) is 0 Å². The zero-order valence-electron chi connectivity index (χ0n) is 9.85. The molecule has 0 aromatic carbocycles. The van der Waals surface area contributed by atoms with Crippen LogP contribution in [0.25, 0.3) is 0 Å². The fourth-order valence-corrected chi connectivity index (χ4v) is 2.36. The summed E-state index contributed by atoms with van der Waals surface area (Å²) in [7, 11) is 0. The van der Waals surface area contributed by atoms with Crippen molar-refractivity contribution >= 4 is 5.91 Å². The molecule has 2 unspecified atom stereocenters. The monoisotopic (exact) mass is 252 g/mol. The smallest absolute Gasteiger partial charge is 0.251 e. The molecule has 1 fully saturated rings. The number of aromatic nitrogens is 1. The van der Waals surface area contributed by atoms with E-state index in [0.717, 1.165) is 25.3 Å². The van der Waals surface area contributed by atoms with E-state index in [-0.39, 0.29) is 30.0 Å². The number of carbonyl (C=O) groups is 1. The van der Waals surface area contributed by atoms with Crippen molar-refractivity contribution < 1.29 is 15.0 Å². The van der Waals surface area contributed by atoms with Gasteiger partial charge in [0.05, 0.1) is 5.56 Å². The summed E-state index contributed by atoms with van der Waals surface area (Å²) >= 11 is 0. The number of carbonyl (C=O) groups excluding carboxylic acids is 1. The van der Waals surface area contributed by atoms with E-state index in [1.807, 2.05) is 0 Å². The van der Waals surface area contributed by atoms with Gasteiger partial charge in [-0.05, 0) is 12.8 Å². The topological polar surface area (TPSA) is 102 Å². The van der Waals surface area contributed by atoms with Crippen LogP contribution in [0.15, 0.2) is 16.9 Å². The number of aromatic amines is 1. The summed E-state index contributed by atoms with van der Waals surface area (Å²) in [6.07, 6.45) is 2.69. The summed E-state index contributed by atoms with van der Waals surface area (Å²) in [5.41, 5.74) is -0.398. The Labute approximate surface area is 104 Å². The van der Waals surface area contributed by atoms with Crippen molar-refractivity contribution in [3.05, 3.63) is 28.0 Å². The lowest BCUT2D eigenvalue weighted by molar-refractivity contribution is 0.0915. The zero-order chi connectivity index (χ0) is 13.1. The Hall–Kier alpha value is -1.82. The molecule has 1 aliphatic rings. The quantitative estimate of drug-likeness (QED) is 0.606. The molecule has 0 radical (unpaired) electrons. The predicted molar refractivity (Wildman–Crippen MR) is 64.4 cm³/mol. The number of nitrogens with one attached hydrogen (secondary N) is 2. The molecule has 0 saturated heterocycles. The largest absolute Gasteiger partial charge is 0.494 e. The Morgan fingerprint density at radius 3 is 2.89 bits per heavy atom. The van der Waals surface area contributed by atoms with E-state index in [1.54, 1.807) is 0 Å². The van der Waals surface area contributed by atoms with E-state index in [9.17, 15) is 14.7 Å². The van der Waals surface area contributed by atoms with E-state index >= 15 is 0 Å². The Balaban J connectivity index is 2.09. The van der Waals surface area contributed by atoms with Crippen molar-refractivity contribution in [2.45, 2.75) is 25.3 Å². The third kappa shape index (κ3) is 2.70. The highest BCUT2D eigenvalue weighted by atomic mass is 16.3. The molecule has 0 spiro atoms. The van der Waals surface area contributed by atoms with E-state index in [2.05, 4.69) is 10.3 Å². The first kappa shape index (κ1) is 12.6. The zero-order valence-corrected chi connectivity index (χ0v) is 9.85. The second kappa shape index (κ2) is 5.22. The van der Waals surface area contributed by atoms with Crippen molar-refractivity contribution in [2.75, 3.05) is 6.61 Å². The second-order valence-electron chi connectivity index (χ2n) is 4.57. The van der Waals surface area contributed by atoms with Gasteiger partial charge in [-0.1, -0.05) is 6.42 Å². The molecule has 2 atom stereocenters. The second-order valence-corrected chi connectivity index (χ2v) is 4.57. The molecular formula is C12H16N2O4. The Morgan fingerprint density at radius 1 is 1.44 bits per heavy atom. The number of aliphatic hydroxyl groups is 1. The molecule has 6 heteroatoms. The molecule has 1 aromatic rings. The summed E-state index contributed by atoms with van der Waals surface area (Å²) in [5, 5.41) is 21.2. The van der Waals surface area contributed by atoms with Crippen LogP contribution in [0.5, 0.6) is 5.88 Å². The van der Waals surface area contributed by atoms with Crippen molar-refractivity contribution in [1.82, 2.24) is 10.3 Å². The van der Waals surface area contributed by atoms with Crippen LogP contribution < -0.4 is 10.9 Å². The summed E-state index contributed by atoms with van der Waals surface area (Å²) in [4.78, 5) is 25.2. The standard InChI is InChI=1S/C12H16N2O4/c15-6-7-2-1-3-9(7)13-12(18)8-4-10(16)14-11(17)5-8/h4-5,7,9,15H,1-3,6H2,(H,13,18)(H2,14,16,17). The van der Waals surface area contributed by atoms with Gasteiger partial charge in [-0.25, -0.2) is 0 Å². The van der Waals surface area contributed by atoms with Crippen molar-refractivity contribution in [2.24, 2.45) is 5.92 Å². The summed E-state index contributed by atoms with van der Waals surface area (Å²) < 4.78 is 0. The fraction of sp³-hybridized carbons (Fsp3) is 0.500. The molecule has 0 bridgehead atoms. The minimum Gasteiger partial charge on any atom is -0.494 e. The maximum Gasteiger partial charge on any atom is 0.251 e. The van der Waals surface area contributed by atoms with Gasteiger partial charge in [0.2, 0.25) is 0 Å². The van der Waals surface area contributed by atoms with Gasteiger partial charge in [0, 0.05) is 30.7 Å². The first-order chi connectivity index (χ1) is 8.60. The molecule has 4 N–H and O–H groups in total. The molecule has 1 aromatic heterocycles. The minimum absolute atomic E-state index is 0.0472. The van der Waals surface area contributed by atoms with Crippen LogP contribution in [0.4, 0.5) is 0 Å². The van der Waals surface area contributed by atoms with Gasteiger partial charge < -0.3 is 15.5 Å². The number of aliphatic hydroxyl groups excluding tert-OH is 1. The number of rotatable bonds is 3. The Morgan fingerprint density at radius 2 is 2.22 bits per heavy atom. The third-order valence-corrected chi connectivity index (χ3v) is 3.30. The number of hydrogen-bond donors (Lipinski definition) is 4. The lowest BCUT2D eigenvalue weighted by Gasteiger charge is -2.18. The maximum atomic E-state index is 11.9. The van der Waals surface area contributed by atoms with Crippen molar-refractivity contribution in [3.8, 4) is 5.88 Å². The van der Waals surface area contributed by atoms with Crippen LogP contribution in [0.3, 0.4) is 0 Å². The van der Waals surface area contributed by atoms with Crippen molar-refractivity contribution in [3.63, 3.8) is 0 Å². The molecule has 1 heterocycles. The lowest BCUT2D eigenvalue weighted by atomic mass is 10.0. The molecule has 2 rings (SSSR count). The summed E-state index contributed by atoms with van der Waals surface area (Å²) in [5.74, 6) is -0.663. The Bertz CT molecular complexity index is 497. The van der Waals surface area contributed by atoms with Crippen LogP contribution >= 0.6 is 0 Å². The molecule has 18 heavy (non-hydrogen) atoms. The van der Waals surface area contributed by atoms with Crippen LogP contribution in [0.2, 0.25) is 0 Å². The van der Waals surface area contributed by atoms with Crippen LogP contribution in [-0.2, 0) is 0 Å². The van der Waals surface area contributed by atoms with Gasteiger partial charge in [0.15, 0.2) is 5.88 Å². The minimum atomic E-state index is -0.523. The van der Waals surface area contributed by atoms with E-state index < -0.39 is 11.5 Å².